The number of hydrogen-bond donors (Lipinski definition) is 1. The molecule has 0 aromatic carbocycles. The van der Waals surface area contributed by atoms with Crippen molar-refractivity contribution in [2.75, 3.05) is 19.6 Å². The third-order valence-corrected chi connectivity index (χ3v) is 5.32. The van der Waals surface area contributed by atoms with E-state index in [2.05, 4.69) is 27.3 Å². The molecule has 2 saturated heterocycles. The zero-order valence-corrected chi connectivity index (χ0v) is 12.3. The van der Waals surface area contributed by atoms with Gasteiger partial charge in [-0.1, -0.05) is 5.16 Å². The SMILES string of the molecule is CC1C2CNCC2CN1Cc1noc(-c2ccsc2)n1. The summed E-state index contributed by atoms with van der Waals surface area (Å²) in [4.78, 5) is 7.00. The fourth-order valence-corrected chi connectivity index (χ4v) is 4.10. The number of aromatic nitrogens is 2. The summed E-state index contributed by atoms with van der Waals surface area (Å²) >= 11 is 1.64. The molecule has 0 amide bonds. The monoisotopic (exact) mass is 290 g/mol. The van der Waals surface area contributed by atoms with Crippen LogP contribution >= 0.6 is 11.3 Å². The molecular formula is C14H18N4OS. The first-order valence-corrected chi connectivity index (χ1v) is 8.05. The number of nitrogens with zero attached hydrogens (tertiary/aromatic N) is 3. The van der Waals surface area contributed by atoms with E-state index >= 15 is 0 Å². The molecule has 1 N–H and O–H groups in total. The molecule has 2 aromatic heterocycles. The van der Waals surface area contributed by atoms with Crippen LogP contribution in [0.2, 0.25) is 0 Å². The summed E-state index contributed by atoms with van der Waals surface area (Å²) in [5.74, 6) is 2.99. The molecule has 20 heavy (non-hydrogen) atoms. The molecule has 3 atom stereocenters. The predicted molar refractivity (Wildman–Crippen MR) is 77.3 cm³/mol. The van der Waals surface area contributed by atoms with E-state index in [1.165, 1.54) is 0 Å². The molecule has 4 rings (SSSR count). The summed E-state index contributed by atoms with van der Waals surface area (Å²) in [7, 11) is 0. The average molecular weight is 290 g/mol. The molecule has 2 aliphatic heterocycles. The van der Waals surface area contributed by atoms with Crippen molar-refractivity contribution in [3.05, 3.63) is 22.7 Å². The van der Waals surface area contributed by atoms with Crippen LogP contribution < -0.4 is 5.32 Å². The van der Waals surface area contributed by atoms with Crippen molar-refractivity contribution in [1.82, 2.24) is 20.4 Å². The molecule has 2 aromatic rings. The largest absolute Gasteiger partial charge is 0.334 e. The van der Waals surface area contributed by atoms with Crippen LogP contribution in [0.5, 0.6) is 0 Å². The van der Waals surface area contributed by atoms with Crippen molar-refractivity contribution in [2.45, 2.75) is 19.5 Å². The van der Waals surface area contributed by atoms with Crippen molar-refractivity contribution < 1.29 is 4.52 Å². The lowest BCUT2D eigenvalue weighted by Gasteiger charge is -2.22. The molecule has 6 heteroatoms. The van der Waals surface area contributed by atoms with Gasteiger partial charge in [-0.3, -0.25) is 4.90 Å². The molecule has 2 aliphatic rings. The first-order chi connectivity index (χ1) is 9.81. The van der Waals surface area contributed by atoms with E-state index in [9.17, 15) is 0 Å². The molecule has 4 heterocycles. The third-order valence-electron chi connectivity index (χ3n) is 4.64. The Morgan fingerprint density at radius 1 is 1.50 bits per heavy atom. The maximum absolute atomic E-state index is 5.36. The number of nitrogens with one attached hydrogen (secondary N) is 1. The number of thiophene rings is 1. The Balaban J connectivity index is 1.47. The van der Waals surface area contributed by atoms with Gasteiger partial charge in [-0.25, -0.2) is 0 Å². The lowest BCUT2D eigenvalue weighted by atomic mass is 9.95. The zero-order chi connectivity index (χ0) is 13.5. The molecule has 0 spiro atoms. The fraction of sp³-hybridized carbons (Fsp3) is 0.571. The first-order valence-electron chi connectivity index (χ1n) is 7.11. The molecule has 2 fully saturated rings. The smallest absolute Gasteiger partial charge is 0.258 e. The topological polar surface area (TPSA) is 54.2 Å². The quantitative estimate of drug-likeness (QED) is 0.935. The van der Waals surface area contributed by atoms with Crippen LogP contribution in [-0.2, 0) is 6.54 Å². The first kappa shape index (κ1) is 12.5. The summed E-state index contributed by atoms with van der Waals surface area (Å²) < 4.78 is 5.36. The van der Waals surface area contributed by atoms with Crippen LogP contribution in [0.25, 0.3) is 11.5 Å². The normalized spacial score (nSPS) is 29.9. The molecule has 3 unspecified atom stereocenters. The van der Waals surface area contributed by atoms with E-state index in [1.807, 2.05) is 16.8 Å². The Bertz CT molecular complexity index is 582. The molecule has 0 aliphatic carbocycles. The second-order valence-electron chi connectivity index (χ2n) is 5.78. The van der Waals surface area contributed by atoms with Crippen LogP contribution in [0.15, 0.2) is 21.3 Å². The second-order valence-corrected chi connectivity index (χ2v) is 6.56. The predicted octanol–water partition coefficient (Wildman–Crippen LogP) is 1.84. The Hall–Kier alpha value is -1.24. The summed E-state index contributed by atoms with van der Waals surface area (Å²) in [5.41, 5.74) is 1.02. The van der Waals surface area contributed by atoms with Gasteiger partial charge in [0.25, 0.3) is 5.89 Å². The van der Waals surface area contributed by atoms with Gasteiger partial charge >= 0.3 is 0 Å². The minimum atomic E-state index is 0.595. The minimum Gasteiger partial charge on any atom is -0.334 e. The highest BCUT2D eigenvalue weighted by Gasteiger charge is 2.41. The maximum Gasteiger partial charge on any atom is 0.258 e. The molecule has 0 saturated carbocycles. The zero-order valence-electron chi connectivity index (χ0n) is 11.5. The fourth-order valence-electron chi connectivity index (χ4n) is 3.47. The van der Waals surface area contributed by atoms with E-state index in [0.717, 1.165) is 49.4 Å². The number of fused-ring (bicyclic) bond motifs is 1. The number of rotatable bonds is 3. The Morgan fingerprint density at radius 3 is 3.25 bits per heavy atom. The van der Waals surface area contributed by atoms with Gasteiger partial charge in [-0.2, -0.15) is 16.3 Å². The highest BCUT2D eigenvalue weighted by Crippen LogP contribution is 2.33. The lowest BCUT2D eigenvalue weighted by Crippen LogP contribution is -2.33. The standard InChI is InChI=1S/C14H18N4OS/c1-9-12-5-15-4-11(12)6-18(9)7-13-16-14(19-17-13)10-2-3-20-8-10/h2-3,8-9,11-12,15H,4-7H2,1H3. The Morgan fingerprint density at radius 2 is 2.45 bits per heavy atom. The van der Waals surface area contributed by atoms with Crippen molar-refractivity contribution in [3.8, 4) is 11.5 Å². The number of likely N-dealkylation sites (tertiary alicyclic amines) is 1. The Labute approximate surface area is 122 Å². The van der Waals surface area contributed by atoms with Crippen molar-refractivity contribution in [1.29, 1.82) is 0 Å². The maximum atomic E-state index is 5.36. The van der Waals surface area contributed by atoms with Gasteiger partial charge in [0.1, 0.15) is 0 Å². The van der Waals surface area contributed by atoms with Crippen LogP contribution in [0.4, 0.5) is 0 Å². The van der Waals surface area contributed by atoms with Gasteiger partial charge in [-0.05, 0) is 43.3 Å². The van der Waals surface area contributed by atoms with Crippen molar-refractivity contribution in [3.63, 3.8) is 0 Å². The Kier molecular flexibility index (Phi) is 3.09. The second kappa shape index (κ2) is 4.95. The molecule has 0 bridgehead atoms. The lowest BCUT2D eigenvalue weighted by molar-refractivity contribution is 0.223. The van der Waals surface area contributed by atoms with E-state index < -0.39 is 0 Å². The summed E-state index contributed by atoms with van der Waals surface area (Å²) in [6.45, 7) is 6.55. The molecule has 5 nitrogen and oxygen atoms in total. The highest BCUT2D eigenvalue weighted by atomic mass is 32.1. The van der Waals surface area contributed by atoms with Gasteiger partial charge in [-0.15, -0.1) is 0 Å². The van der Waals surface area contributed by atoms with Gasteiger partial charge in [0, 0.05) is 18.0 Å². The summed E-state index contributed by atoms with van der Waals surface area (Å²) in [6, 6.07) is 2.61. The highest BCUT2D eigenvalue weighted by molar-refractivity contribution is 7.08. The van der Waals surface area contributed by atoms with Crippen LogP contribution in [0.1, 0.15) is 12.7 Å². The van der Waals surface area contributed by atoms with Gasteiger partial charge in [0.2, 0.25) is 0 Å². The summed E-state index contributed by atoms with van der Waals surface area (Å²) in [6.07, 6.45) is 0. The van der Waals surface area contributed by atoms with Crippen LogP contribution in [0.3, 0.4) is 0 Å². The van der Waals surface area contributed by atoms with Gasteiger partial charge in [0.05, 0.1) is 12.1 Å². The van der Waals surface area contributed by atoms with Gasteiger partial charge in [0.15, 0.2) is 5.82 Å². The van der Waals surface area contributed by atoms with E-state index in [4.69, 9.17) is 4.52 Å². The van der Waals surface area contributed by atoms with E-state index in [0.29, 0.717) is 11.9 Å². The van der Waals surface area contributed by atoms with Crippen molar-refractivity contribution in [2.24, 2.45) is 11.8 Å². The van der Waals surface area contributed by atoms with Crippen molar-refractivity contribution >= 4 is 11.3 Å². The third kappa shape index (κ3) is 2.08. The minimum absolute atomic E-state index is 0.595. The van der Waals surface area contributed by atoms with Crippen LogP contribution in [0, 0.1) is 11.8 Å². The average Bonchev–Trinajstić information content (AvgIpc) is 3.19. The molecule has 106 valence electrons. The van der Waals surface area contributed by atoms with Crippen LogP contribution in [-0.4, -0.2) is 40.7 Å². The molecule has 0 radical (unpaired) electrons. The summed E-state index contributed by atoms with van der Waals surface area (Å²) in [5, 5.41) is 11.7. The number of hydrogen-bond acceptors (Lipinski definition) is 6. The van der Waals surface area contributed by atoms with E-state index in [1.54, 1.807) is 11.3 Å². The van der Waals surface area contributed by atoms with Gasteiger partial charge < -0.3 is 9.84 Å². The van der Waals surface area contributed by atoms with E-state index in [-0.39, 0.29) is 0 Å². The molecular weight excluding hydrogens is 272 g/mol.